The topological polar surface area (TPSA) is 111 Å². The molecule has 77 heavy (non-hydrogen) atoms. The number of unbranched alkanes of at least 4 members (excludes halogenated alkanes) is 29. The van der Waals surface area contributed by atoms with Gasteiger partial charge in [-0.2, -0.15) is 0 Å². The predicted molar refractivity (Wildman–Crippen MR) is 332 cm³/mol. The van der Waals surface area contributed by atoms with Crippen molar-refractivity contribution in [3.8, 4) is 0 Å². The molecule has 0 aromatic rings. The number of quaternary nitrogens is 1. The van der Waals surface area contributed by atoms with Crippen molar-refractivity contribution in [2.24, 2.45) is 0 Å². The number of hydrogen-bond donors (Lipinski definition) is 2. The highest BCUT2D eigenvalue weighted by molar-refractivity contribution is 7.47. The van der Waals surface area contributed by atoms with E-state index in [2.05, 4.69) is 99.0 Å². The molecule has 2 N–H and O–H groups in total. The fourth-order valence-electron chi connectivity index (χ4n) is 8.85. The lowest BCUT2D eigenvalue weighted by molar-refractivity contribution is -0.870. The summed E-state index contributed by atoms with van der Waals surface area (Å²) >= 11 is 0. The molecule has 0 saturated heterocycles. The molecule has 0 saturated carbocycles. The zero-order valence-corrected chi connectivity index (χ0v) is 51.8. The summed E-state index contributed by atoms with van der Waals surface area (Å²) in [6.07, 6.45) is 74.4. The summed E-state index contributed by atoms with van der Waals surface area (Å²) in [4.78, 5) is 37.7. The Balaban J connectivity index is 5.32. The van der Waals surface area contributed by atoms with Gasteiger partial charge in [0.1, 0.15) is 19.3 Å². The van der Waals surface area contributed by atoms with Crippen molar-refractivity contribution in [3.05, 3.63) is 85.1 Å². The van der Waals surface area contributed by atoms with E-state index in [0.29, 0.717) is 23.9 Å². The molecule has 446 valence electrons. The molecule has 0 fully saturated rings. The number of allylic oxidation sites excluding steroid dienone is 13. The van der Waals surface area contributed by atoms with Crippen LogP contribution in [0.15, 0.2) is 85.1 Å². The van der Waals surface area contributed by atoms with Gasteiger partial charge >= 0.3 is 13.8 Å². The average Bonchev–Trinajstić information content (AvgIpc) is 3.39. The van der Waals surface area contributed by atoms with Gasteiger partial charge in [0.15, 0.2) is 0 Å². The lowest BCUT2D eigenvalue weighted by atomic mass is 10.0. The van der Waals surface area contributed by atoms with Crippen molar-refractivity contribution in [2.75, 3.05) is 40.9 Å². The maximum absolute atomic E-state index is 13.6. The predicted octanol–water partition coefficient (Wildman–Crippen LogP) is 19.8. The van der Waals surface area contributed by atoms with Gasteiger partial charge in [-0.05, 0) is 102 Å². The van der Waals surface area contributed by atoms with Crippen LogP contribution in [-0.2, 0) is 27.9 Å². The van der Waals surface area contributed by atoms with E-state index in [1.807, 2.05) is 33.3 Å². The van der Waals surface area contributed by atoms with Crippen LogP contribution in [0.1, 0.15) is 278 Å². The summed E-state index contributed by atoms with van der Waals surface area (Å²) in [6.45, 7) is 6.93. The van der Waals surface area contributed by atoms with Crippen LogP contribution in [0, 0.1) is 0 Å². The first kappa shape index (κ1) is 74.2. The lowest BCUT2D eigenvalue weighted by Crippen LogP contribution is -2.47. The Morgan fingerprint density at radius 1 is 0.455 bits per heavy atom. The Hall–Kier alpha value is -2.81. The number of phosphoric acid groups is 1. The highest BCUT2D eigenvalue weighted by atomic mass is 31.2. The quantitative estimate of drug-likeness (QED) is 0.0205. The normalized spacial score (nSPS) is 14.2. The summed E-state index contributed by atoms with van der Waals surface area (Å²) in [6, 6.07) is -0.875. The minimum atomic E-state index is -4.47. The van der Waals surface area contributed by atoms with Gasteiger partial charge in [0, 0.05) is 12.8 Å². The van der Waals surface area contributed by atoms with E-state index in [4.69, 9.17) is 13.8 Å². The first-order valence-electron chi connectivity index (χ1n) is 31.9. The molecule has 0 heterocycles. The number of nitrogens with zero attached hydrogens (tertiary/aromatic N) is 1. The molecule has 0 aliphatic carbocycles. The third kappa shape index (κ3) is 57.7. The second kappa shape index (κ2) is 56.5. The largest absolute Gasteiger partial charge is 0.472 e. The van der Waals surface area contributed by atoms with Crippen molar-refractivity contribution in [1.82, 2.24) is 5.32 Å². The average molecular weight is 1100 g/mol. The van der Waals surface area contributed by atoms with Gasteiger partial charge in [0.25, 0.3) is 0 Å². The molecule has 0 aromatic carbocycles. The third-order valence-electron chi connectivity index (χ3n) is 13.8. The molecule has 0 spiro atoms. The molecular weight excluding hydrogens is 976 g/mol. The minimum Gasteiger partial charge on any atom is -0.456 e. The van der Waals surface area contributed by atoms with Crippen molar-refractivity contribution in [2.45, 2.75) is 290 Å². The molecule has 0 rings (SSSR count). The first-order chi connectivity index (χ1) is 37.4. The highest BCUT2D eigenvalue weighted by Gasteiger charge is 2.30. The van der Waals surface area contributed by atoms with Crippen LogP contribution in [0.5, 0.6) is 0 Å². The monoisotopic (exact) mass is 1100 g/mol. The van der Waals surface area contributed by atoms with E-state index >= 15 is 0 Å². The molecule has 1 amide bonds. The second-order valence-electron chi connectivity index (χ2n) is 22.6. The number of rotatable bonds is 57. The highest BCUT2D eigenvalue weighted by Crippen LogP contribution is 2.43. The van der Waals surface area contributed by atoms with Gasteiger partial charge in [-0.1, -0.05) is 247 Å². The second-order valence-corrected chi connectivity index (χ2v) is 24.0. The number of esters is 1. The standard InChI is InChI=1S/C67H121N2O7P/c1-7-10-13-16-19-22-25-28-30-32-33-34-35-37-38-41-44-47-50-53-56-59-66(70)68-64(63-75-77(72,73)74-62-61-69(4,5)6)65(58-55-52-49-46-43-40-27-24-21-18-15-12-9-3)76-67(71)60-57-54-51-48-45-42-39-36-31-29-26-23-20-17-14-11-8-2/h19-20,22-23,28-31,39,42,48,51,55,58,64-65H,7-18,21,24-27,32-38,40-41,43-47,49-50,52-54,56-57,59-63H2,1-6H3,(H-,68,70,72,73)/p+1/b22-19-,23-20-,30-28-,31-29-,42-39-,51-48-,58-55-. The van der Waals surface area contributed by atoms with Gasteiger partial charge in [-0.3, -0.25) is 18.6 Å². The zero-order chi connectivity index (χ0) is 56.4. The lowest BCUT2D eigenvalue weighted by Gasteiger charge is -2.27. The van der Waals surface area contributed by atoms with Crippen LogP contribution in [-0.4, -0.2) is 74.3 Å². The Morgan fingerprint density at radius 2 is 0.805 bits per heavy atom. The molecule has 0 radical (unpaired) electrons. The Bertz CT molecular complexity index is 1590. The number of carbonyl (C=O) groups is 2. The van der Waals surface area contributed by atoms with E-state index < -0.39 is 20.0 Å². The van der Waals surface area contributed by atoms with Crippen molar-refractivity contribution < 1.29 is 37.3 Å². The van der Waals surface area contributed by atoms with Gasteiger partial charge < -0.3 is 19.4 Å². The van der Waals surface area contributed by atoms with E-state index in [1.165, 1.54) is 167 Å². The van der Waals surface area contributed by atoms with E-state index in [9.17, 15) is 19.0 Å². The number of amides is 1. The van der Waals surface area contributed by atoms with E-state index in [1.54, 1.807) is 0 Å². The number of ether oxygens (including phenoxy) is 1. The summed E-state index contributed by atoms with van der Waals surface area (Å²) in [5, 5.41) is 3.05. The number of likely N-dealkylation sites (N-methyl/N-ethyl adjacent to an activating group) is 1. The summed E-state index contributed by atoms with van der Waals surface area (Å²) in [5.41, 5.74) is 0. The Labute approximate surface area is 476 Å². The molecule has 0 aromatic heterocycles. The number of nitrogens with one attached hydrogen (secondary N) is 1. The SMILES string of the molecule is CCCCC/C=C\C/C=C\C/C=C\C/C=C\CCCC(=O)OC(/C=C\CCCCCCCCCCCCC)C(COP(=O)(O)OCC[N+](C)(C)C)NC(=O)CCCCCCCCCCCCC/C=C\C/C=C\CCCCC. The summed E-state index contributed by atoms with van der Waals surface area (Å²) < 4.78 is 30.7. The van der Waals surface area contributed by atoms with E-state index in [-0.39, 0.29) is 31.5 Å². The van der Waals surface area contributed by atoms with Gasteiger partial charge in [0.05, 0.1) is 33.8 Å². The van der Waals surface area contributed by atoms with E-state index in [0.717, 1.165) is 70.6 Å². The van der Waals surface area contributed by atoms with Crippen LogP contribution >= 0.6 is 7.82 Å². The molecule has 3 unspecified atom stereocenters. The van der Waals surface area contributed by atoms with Crippen molar-refractivity contribution in [3.63, 3.8) is 0 Å². The molecule has 9 nitrogen and oxygen atoms in total. The molecule has 3 atom stereocenters. The molecule has 0 aliphatic rings. The smallest absolute Gasteiger partial charge is 0.456 e. The zero-order valence-electron chi connectivity index (χ0n) is 50.9. The number of carbonyl (C=O) groups excluding carboxylic acids is 2. The number of phosphoric ester groups is 1. The fourth-order valence-corrected chi connectivity index (χ4v) is 9.58. The maximum atomic E-state index is 13.6. The van der Waals surface area contributed by atoms with Crippen LogP contribution in [0.3, 0.4) is 0 Å². The Kier molecular flexibility index (Phi) is 54.4. The van der Waals surface area contributed by atoms with Gasteiger partial charge in [-0.25, -0.2) is 4.57 Å². The fraction of sp³-hybridized carbons (Fsp3) is 0.761. The van der Waals surface area contributed by atoms with Crippen LogP contribution in [0.2, 0.25) is 0 Å². The minimum absolute atomic E-state index is 0.0287. The first-order valence-corrected chi connectivity index (χ1v) is 33.4. The maximum Gasteiger partial charge on any atom is 0.472 e. The van der Waals surface area contributed by atoms with Crippen LogP contribution < -0.4 is 5.32 Å². The van der Waals surface area contributed by atoms with Crippen molar-refractivity contribution in [1.29, 1.82) is 0 Å². The summed E-state index contributed by atoms with van der Waals surface area (Å²) in [5.74, 6) is -0.571. The molecule has 0 aliphatic heterocycles. The Morgan fingerprint density at radius 3 is 1.23 bits per heavy atom. The van der Waals surface area contributed by atoms with Gasteiger partial charge in [0.2, 0.25) is 5.91 Å². The number of hydrogen-bond acceptors (Lipinski definition) is 6. The third-order valence-corrected chi connectivity index (χ3v) is 14.8. The summed E-state index contributed by atoms with van der Waals surface area (Å²) in [7, 11) is 1.46. The van der Waals surface area contributed by atoms with Gasteiger partial charge in [-0.15, -0.1) is 0 Å². The van der Waals surface area contributed by atoms with Crippen LogP contribution in [0.4, 0.5) is 0 Å². The molecule has 10 heteroatoms. The molecule has 0 bridgehead atoms. The van der Waals surface area contributed by atoms with Crippen molar-refractivity contribution >= 4 is 19.7 Å². The van der Waals surface area contributed by atoms with Crippen LogP contribution in [0.25, 0.3) is 0 Å². The molecular formula is C67H122N2O7P+.